The van der Waals surface area contributed by atoms with Crippen molar-refractivity contribution >= 4 is 12.1 Å². The average Bonchev–Trinajstić information content (AvgIpc) is 3.35. The molecule has 0 N–H and O–H groups in total. The highest BCUT2D eigenvalue weighted by Crippen LogP contribution is 2.67. The molecule has 0 heterocycles. The summed E-state index contributed by atoms with van der Waals surface area (Å²) in [5.74, 6) is 4.52. The molecule has 4 aliphatic carbocycles. The van der Waals surface area contributed by atoms with Gasteiger partial charge in [-0.25, -0.2) is 9.59 Å². The summed E-state index contributed by atoms with van der Waals surface area (Å²) in [6.45, 7) is 19.2. The lowest BCUT2D eigenvalue weighted by Gasteiger charge is -2.58. The smallest absolute Gasteiger partial charge is 0.460 e. The Morgan fingerprint density at radius 3 is 2.27 bits per heavy atom. The monoisotopic (exact) mass is 630 g/mol. The van der Waals surface area contributed by atoms with E-state index in [0.717, 1.165) is 54.8 Å². The van der Waals surface area contributed by atoms with Crippen molar-refractivity contribution in [2.24, 2.45) is 46.3 Å². The number of carbonyl (C=O) groups is 2. The zero-order valence-corrected chi connectivity index (χ0v) is 29.2. The maximum atomic E-state index is 12.4. The van der Waals surface area contributed by atoms with E-state index in [1.807, 2.05) is 0 Å². The second-order valence-corrected chi connectivity index (χ2v) is 15.5. The van der Waals surface area contributed by atoms with E-state index in [1.54, 1.807) is 6.92 Å². The SMILES string of the molecule is C=C(C)C(=O)OCCOCCOCCOC(=O)O[C@H]1CC[C@@]2(C)C(=CC[C@H]3[C@@H]4CC[C@H]([C@H](C)CCCC(C)C)[C@@]4(C)CC[C@@H]32)C1. The fraction of sp³-hybridized carbons (Fsp3) is 0.842. The van der Waals surface area contributed by atoms with E-state index >= 15 is 0 Å². The van der Waals surface area contributed by atoms with Crippen LogP contribution in [-0.2, 0) is 28.5 Å². The lowest BCUT2D eigenvalue weighted by molar-refractivity contribution is -0.140. The number of carbonyl (C=O) groups excluding carboxylic acids is 2. The molecule has 3 saturated carbocycles. The van der Waals surface area contributed by atoms with Crippen molar-refractivity contribution in [2.75, 3.05) is 39.6 Å². The van der Waals surface area contributed by atoms with Gasteiger partial charge in [0.15, 0.2) is 0 Å². The topological polar surface area (TPSA) is 80.3 Å². The molecule has 3 fully saturated rings. The van der Waals surface area contributed by atoms with E-state index in [9.17, 15) is 9.59 Å². The van der Waals surface area contributed by atoms with Crippen LogP contribution >= 0.6 is 0 Å². The Hall–Kier alpha value is -1.86. The van der Waals surface area contributed by atoms with Crippen LogP contribution in [0, 0.1) is 46.3 Å². The molecule has 256 valence electrons. The van der Waals surface area contributed by atoms with Gasteiger partial charge in [0.05, 0.1) is 26.4 Å². The fourth-order valence-corrected chi connectivity index (χ4v) is 9.75. The van der Waals surface area contributed by atoms with E-state index in [0.29, 0.717) is 30.8 Å². The minimum absolute atomic E-state index is 0.113. The van der Waals surface area contributed by atoms with Gasteiger partial charge in [0, 0.05) is 12.0 Å². The Bertz CT molecular complexity index is 1040. The molecule has 0 bridgehead atoms. The van der Waals surface area contributed by atoms with E-state index < -0.39 is 12.1 Å². The molecule has 7 heteroatoms. The van der Waals surface area contributed by atoms with Crippen LogP contribution in [0.4, 0.5) is 4.79 Å². The van der Waals surface area contributed by atoms with Gasteiger partial charge >= 0.3 is 12.1 Å². The van der Waals surface area contributed by atoms with Crippen molar-refractivity contribution in [3.05, 3.63) is 23.8 Å². The van der Waals surface area contributed by atoms with Crippen molar-refractivity contribution in [3.63, 3.8) is 0 Å². The molecule has 7 nitrogen and oxygen atoms in total. The highest BCUT2D eigenvalue weighted by atomic mass is 16.7. The van der Waals surface area contributed by atoms with Gasteiger partial charge in [-0.05, 0) is 98.2 Å². The van der Waals surface area contributed by atoms with Crippen LogP contribution in [0.15, 0.2) is 23.8 Å². The van der Waals surface area contributed by atoms with Crippen LogP contribution in [0.5, 0.6) is 0 Å². The summed E-state index contributed by atoms with van der Waals surface area (Å²) in [6, 6.07) is 0. The second kappa shape index (κ2) is 16.3. The molecule has 0 spiro atoms. The zero-order chi connectivity index (χ0) is 32.6. The first-order valence-corrected chi connectivity index (χ1v) is 18.0. The molecule has 0 aromatic rings. The normalized spacial score (nSPS) is 33.0. The molecule has 0 aromatic carbocycles. The Kier molecular flexibility index (Phi) is 13.0. The maximum absolute atomic E-state index is 12.4. The van der Waals surface area contributed by atoms with Gasteiger partial charge in [0.1, 0.15) is 19.3 Å². The Morgan fingerprint density at radius 2 is 1.58 bits per heavy atom. The van der Waals surface area contributed by atoms with Crippen molar-refractivity contribution in [1.82, 2.24) is 0 Å². The third kappa shape index (κ3) is 8.94. The van der Waals surface area contributed by atoms with Crippen molar-refractivity contribution in [1.29, 1.82) is 0 Å². The van der Waals surface area contributed by atoms with Gasteiger partial charge in [0.25, 0.3) is 0 Å². The Balaban J connectivity index is 1.16. The summed E-state index contributed by atoms with van der Waals surface area (Å²) in [4.78, 5) is 23.7. The summed E-state index contributed by atoms with van der Waals surface area (Å²) >= 11 is 0. The number of fused-ring (bicyclic) bond motifs is 5. The summed E-state index contributed by atoms with van der Waals surface area (Å²) in [7, 11) is 0. The highest BCUT2D eigenvalue weighted by Gasteiger charge is 2.59. The number of rotatable bonds is 16. The molecule has 0 amide bonds. The second-order valence-electron chi connectivity index (χ2n) is 15.5. The lowest BCUT2D eigenvalue weighted by Crippen LogP contribution is -2.51. The van der Waals surface area contributed by atoms with Crippen LogP contribution in [-0.4, -0.2) is 57.9 Å². The average molecular weight is 631 g/mol. The number of hydrogen-bond donors (Lipinski definition) is 0. The molecular formula is C38H62O7. The zero-order valence-electron chi connectivity index (χ0n) is 29.2. The van der Waals surface area contributed by atoms with Gasteiger partial charge in [-0.15, -0.1) is 0 Å². The summed E-state index contributed by atoms with van der Waals surface area (Å²) in [5.41, 5.74) is 2.62. The van der Waals surface area contributed by atoms with Gasteiger partial charge in [0.2, 0.25) is 0 Å². The van der Waals surface area contributed by atoms with E-state index in [-0.39, 0.29) is 31.3 Å². The van der Waals surface area contributed by atoms with Crippen molar-refractivity contribution < 1.29 is 33.3 Å². The van der Waals surface area contributed by atoms with Gasteiger partial charge in [-0.1, -0.05) is 72.1 Å². The number of hydrogen-bond acceptors (Lipinski definition) is 7. The third-order valence-electron chi connectivity index (χ3n) is 12.2. The lowest BCUT2D eigenvalue weighted by atomic mass is 9.47. The van der Waals surface area contributed by atoms with E-state index in [1.165, 1.54) is 56.9 Å². The molecule has 8 atom stereocenters. The minimum Gasteiger partial charge on any atom is -0.460 e. The number of ether oxygens (including phenoxy) is 5. The predicted molar refractivity (Wildman–Crippen MR) is 177 cm³/mol. The van der Waals surface area contributed by atoms with Gasteiger partial charge in [-0.3, -0.25) is 0 Å². The first kappa shape index (κ1) is 36.0. The molecular weight excluding hydrogens is 568 g/mol. The van der Waals surface area contributed by atoms with E-state index in [2.05, 4.69) is 47.3 Å². The molecule has 0 unspecified atom stereocenters. The molecule has 0 aromatic heterocycles. The van der Waals surface area contributed by atoms with E-state index in [4.69, 9.17) is 23.7 Å². The number of esters is 1. The van der Waals surface area contributed by atoms with Crippen LogP contribution in [0.2, 0.25) is 0 Å². The maximum Gasteiger partial charge on any atom is 0.508 e. The van der Waals surface area contributed by atoms with Crippen LogP contribution in [0.1, 0.15) is 112 Å². The quantitative estimate of drug-likeness (QED) is 0.0730. The van der Waals surface area contributed by atoms with Crippen molar-refractivity contribution in [3.8, 4) is 0 Å². The molecule has 0 saturated heterocycles. The molecule has 45 heavy (non-hydrogen) atoms. The Morgan fingerprint density at radius 1 is 0.889 bits per heavy atom. The first-order valence-electron chi connectivity index (χ1n) is 18.0. The standard InChI is InChI=1S/C38H62O7/c1-26(2)9-8-10-28(5)32-13-14-33-31-12-11-29-25-30(15-17-37(29,6)34(31)16-18-38(32,33)7)45-36(40)44-24-22-42-20-19-41-21-23-43-35(39)27(3)4/h11,26,28,30-34H,3,8-10,12-25H2,1-2,4-7H3/t28-,30+,31+,32-,33+,34+,37+,38-/m1/s1. The summed E-state index contributed by atoms with van der Waals surface area (Å²) in [6.07, 6.45) is 15.6. The van der Waals surface area contributed by atoms with Crippen LogP contribution in [0.3, 0.4) is 0 Å². The summed E-state index contributed by atoms with van der Waals surface area (Å²) in [5, 5.41) is 0. The van der Waals surface area contributed by atoms with Crippen molar-refractivity contribution in [2.45, 2.75) is 118 Å². The molecule has 4 rings (SSSR count). The highest BCUT2D eigenvalue weighted by molar-refractivity contribution is 5.86. The van der Waals surface area contributed by atoms with Gasteiger partial charge in [-0.2, -0.15) is 0 Å². The predicted octanol–water partition coefficient (Wildman–Crippen LogP) is 8.70. The van der Waals surface area contributed by atoms with Crippen LogP contribution < -0.4 is 0 Å². The fourth-order valence-electron chi connectivity index (χ4n) is 9.75. The molecule has 0 aliphatic heterocycles. The summed E-state index contributed by atoms with van der Waals surface area (Å²) < 4.78 is 26.9. The largest absolute Gasteiger partial charge is 0.508 e. The molecule has 4 aliphatic rings. The minimum atomic E-state index is -0.606. The molecule has 0 radical (unpaired) electrons. The Labute approximate surface area is 273 Å². The number of allylic oxidation sites excluding steroid dienone is 1. The third-order valence-corrected chi connectivity index (χ3v) is 12.2. The first-order chi connectivity index (χ1) is 21.5. The van der Waals surface area contributed by atoms with Gasteiger partial charge < -0.3 is 23.7 Å². The van der Waals surface area contributed by atoms with Crippen LogP contribution in [0.25, 0.3) is 0 Å².